The standard InChI is InChI=1S/C14H24N4O2/c1-9(2)18-6-7-19-12(8-18)13-16-14(20-17-13)11-4-5-15-10(11)3/h9-12,15H,4-8H2,1-3H3. The predicted octanol–water partition coefficient (Wildman–Crippen LogP) is 1.32. The molecule has 3 atom stereocenters. The number of nitrogens with zero attached hydrogens (tertiary/aromatic N) is 3. The summed E-state index contributed by atoms with van der Waals surface area (Å²) in [5, 5.41) is 7.56. The summed E-state index contributed by atoms with van der Waals surface area (Å²) < 4.78 is 11.3. The summed E-state index contributed by atoms with van der Waals surface area (Å²) in [4.78, 5) is 6.98. The Balaban J connectivity index is 1.70. The van der Waals surface area contributed by atoms with Crippen molar-refractivity contribution in [2.75, 3.05) is 26.2 Å². The average Bonchev–Trinajstić information content (AvgIpc) is 3.07. The van der Waals surface area contributed by atoms with Crippen molar-refractivity contribution in [1.29, 1.82) is 0 Å². The first kappa shape index (κ1) is 14.0. The van der Waals surface area contributed by atoms with E-state index in [1.165, 1.54) is 0 Å². The molecule has 3 rings (SSSR count). The van der Waals surface area contributed by atoms with Gasteiger partial charge in [0.1, 0.15) is 6.10 Å². The summed E-state index contributed by atoms with van der Waals surface area (Å²) >= 11 is 0. The summed E-state index contributed by atoms with van der Waals surface area (Å²) in [5.41, 5.74) is 0. The third kappa shape index (κ3) is 2.73. The summed E-state index contributed by atoms with van der Waals surface area (Å²) in [7, 11) is 0. The van der Waals surface area contributed by atoms with E-state index in [0.29, 0.717) is 23.8 Å². The van der Waals surface area contributed by atoms with Crippen LogP contribution in [0.5, 0.6) is 0 Å². The van der Waals surface area contributed by atoms with E-state index < -0.39 is 0 Å². The van der Waals surface area contributed by atoms with Gasteiger partial charge in [-0.1, -0.05) is 5.16 Å². The van der Waals surface area contributed by atoms with Crippen LogP contribution in [-0.4, -0.2) is 53.4 Å². The van der Waals surface area contributed by atoms with Gasteiger partial charge in [-0.3, -0.25) is 4.90 Å². The highest BCUT2D eigenvalue weighted by Gasteiger charge is 2.32. The van der Waals surface area contributed by atoms with E-state index in [2.05, 4.69) is 41.1 Å². The Labute approximate surface area is 119 Å². The molecule has 1 N–H and O–H groups in total. The van der Waals surface area contributed by atoms with Crippen LogP contribution in [0.2, 0.25) is 0 Å². The third-order valence-electron chi connectivity index (χ3n) is 4.42. The lowest BCUT2D eigenvalue weighted by molar-refractivity contribution is -0.0450. The van der Waals surface area contributed by atoms with Crippen LogP contribution >= 0.6 is 0 Å². The maximum Gasteiger partial charge on any atom is 0.231 e. The molecule has 0 bridgehead atoms. The molecule has 0 amide bonds. The van der Waals surface area contributed by atoms with E-state index in [1.54, 1.807) is 0 Å². The Morgan fingerprint density at radius 2 is 2.25 bits per heavy atom. The zero-order valence-electron chi connectivity index (χ0n) is 12.5. The Morgan fingerprint density at radius 3 is 2.95 bits per heavy atom. The molecule has 2 aliphatic rings. The van der Waals surface area contributed by atoms with E-state index in [1.807, 2.05) is 0 Å². The highest BCUT2D eigenvalue weighted by molar-refractivity contribution is 5.04. The van der Waals surface area contributed by atoms with Gasteiger partial charge in [-0.25, -0.2) is 0 Å². The average molecular weight is 280 g/mol. The second-order valence-corrected chi connectivity index (χ2v) is 6.08. The molecule has 0 aliphatic carbocycles. The highest BCUT2D eigenvalue weighted by atomic mass is 16.5. The van der Waals surface area contributed by atoms with Crippen LogP contribution in [0.4, 0.5) is 0 Å². The van der Waals surface area contributed by atoms with Crippen molar-refractivity contribution in [2.45, 2.75) is 51.3 Å². The Kier molecular flexibility index (Phi) is 4.05. The lowest BCUT2D eigenvalue weighted by Crippen LogP contribution is -2.42. The Morgan fingerprint density at radius 1 is 1.40 bits per heavy atom. The smallest absolute Gasteiger partial charge is 0.231 e. The zero-order valence-corrected chi connectivity index (χ0v) is 12.5. The number of rotatable bonds is 3. The molecule has 0 aromatic carbocycles. The van der Waals surface area contributed by atoms with Crippen molar-refractivity contribution in [2.24, 2.45) is 0 Å². The van der Waals surface area contributed by atoms with Crippen molar-refractivity contribution in [3.63, 3.8) is 0 Å². The Bertz CT molecular complexity index is 448. The fourth-order valence-corrected chi connectivity index (χ4v) is 3.02. The normalized spacial score (nSPS) is 32.1. The minimum atomic E-state index is -0.0617. The van der Waals surface area contributed by atoms with Crippen LogP contribution in [0.1, 0.15) is 50.9 Å². The lowest BCUT2D eigenvalue weighted by Gasteiger charge is -2.34. The molecular weight excluding hydrogens is 256 g/mol. The minimum Gasteiger partial charge on any atom is -0.367 e. The number of morpholine rings is 1. The fourth-order valence-electron chi connectivity index (χ4n) is 3.02. The molecule has 2 aliphatic heterocycles. The highest BCUT2D eigenvalue weighted by Crippen LogP contribution is 2.28. The van der Waals surface area contributed by atoms with Crippen LogP contribution in [-0.2, 0) is 4.74 Å². The van der Waals surface area contributed by atoms with Crippen molar-refractivity contribution in [3.8, 4) is 0 Å². The molecule has 1 aromatic rings. The van der Waals surface area contributed by atoms with Gasteiger partial charge in [0.25, 0.3) is 0 Å². The summed E-state index contributed by atoms with van der Waals surface area (Å²) in [6.07, 6.45) is 1.00. The van der Waals surface area contributed by atoms with Crippen molar-refractivity contribution in [3.05, 3.63) is 11.7 Å². The molecule has 0 saturated carbocycles. The first-order chi connectivity index (χ1) is 9.65. The quantitative estimate of drug-likeness (QED) is 0.901. The zero-order chi connectivity index (χ0) is 14.1. The topological polar surface area (TPSA) is 63.4 Å². The van der Waals surface area contributed by atoms with E-state index >= 15 is 0 Å². The molecule has 6 nitrogen and oxygen atoms in total. The number of ether oxygens (including phenoxy) is 1. The van der Waals surface area contributed by atoms with Gasteiger partial charge in [-0.05, 0) is 33.7 Å². The van der Waals surface area contributed by atoms with E-state index in [0.717, 1.165) is 38.6 Å². The molecule has 2 fully saturated rings. The second-order valence-electron chi connectivity index (χ2n) is 6.08. The van der Waals surface area contributed by atoms with Crippen molar-refractivity contribution < 1.29 is 9.26 Å². The number of aromatic nitrogens is 2. The lowest BCUT2D eigenvalue weighted by atomic mass is 10.0. The first-order valence-corrected chi connectivity index (χ1v) is 7.57. The molecular formula is C14H24N4O2. The fraction of sp³-hybridized carbons (Fsp3) is 0.857. The maximum absolute atomic E-state index is 5.80. The van der Waals surface area contributed by atoms with Gasteiger partial charge in [0.2, 0.25) is 11.7 Å². The number of hydrogen-bond donors (Lipinski definition) is 1. The third-order valence-corrected chi connectivity index (χ3v) is 4.42. The van der Waals surface area contributed by atoms with E-state index in [4.69, 9.17) is 9.26 Å². The second kappa shape index (κ2) is 5.79. The summed E-state index contributed by atoms with van der Waals surface area (Å²) in [5.74, 6) is 1.79. The van der Waals surface area contributed by atoms with E-state index in [9.17, 15) is 0 Å². The van der Waals surface area contributed by atoms with Crippen molar-refractivity contribution >= 4 is 0 Å². The summed E-state index contributed by atoms with van der Waals surface area (Å²) in [6.45, 7) is 10.1. The molecule has 20 heavy (non-hydrogen) atoms. The Hall–Kier alpha value is -0.980. The molecule has 0 spiro atoms. The van der Waals surface area contributed by atoms with Crippen LogP contribution in [0.3, 0.4) is 0 Å². The van der Waals surface area contributed by atoms with Crippen LogP contribution in [0, 0.1) is 0 Å². The van der Waals surface area contributed by atoms with Gasteiger partial charge in [-0.15, -0.1) is 0 Å². The monoisotopic (exact) mass is 280 g/mol. The van der Waals surface area contributed by atoms with Crippen molar-refractivity contribution in [1.82, 2.24) is 20.4 Å². The molecule has 0 radical (unpaired) electrons. The SMILES string of the molecule is CC1NCCC1c1nc(C2CN(C(C)C)CCO2)no1. The van der Waals surface area contributed by atoms with Gasteiger partial charge >= 0.3 is 0 Å². The molecule has 3 unspecified atom stereocenters. The molecule has 3 heterocycles. The maximum atomic E-state index is 5.80. The number of hydrogen-bond acceptors (Lipinski definition) is 6. The first-order valence-electron chi connectivity index (χ1n) is 7.57. The molecule has 2 saturated heterocycles. The predicted molar refractivity (Wildman–Crippen MR) is 74.5 cm³/mol. The molecule has 6 heteroatoms. The van der Waals surface area contributed by atoms with Gasteiger partial charge in [0.15, 0.2) is 0 Å². The largest absolute Gasteiger partial charge is 0.367 e. The number of nitrogens with one attached hydrogen (secondary N) is 1. The van der Waals surface area contributed by atoms with Gasteiger partial charge in [0.05, 0.1) is 12.5 Å². The van der Waals surface area contributed by atoms with Crippen LogP contribution in [0.25, 0.3) is 0 Å². The van der Waals surface area contributed by atoms with Gasteiger partial charge < -0.3 is 14.6 Å². The van der Waals surface area contributed by atoms with Crippen LogP contribution in [0.15, 0.2) is 4.52 Å². The van der Waals surface area contributed by atoms with E-state index in [-0.39, 0.29) is 6.10 Å². The minimum absolute atomic E-state index is 0.0617. The molecule has 112 valence electrons. The summed E-state index contributed by atoms with van der Waals surface area (Å²) in [6, 6.07) is 0.926. The van der Waals surface area contributed by atoms with Gasteiger partial charge in [-0.2, -0.15) is 4.98 Å². The van der Waals surface area contributed by atoms with Gasteiger partial charge in [0, 0.05) is 25.2 Å². The molecule has 1 aromatic heterocycles. The van der Waals surface area contributed by atoms with Crippen LogP contribution < -0.4 is 5.32 Å².